The van der Waals surface area contributed by atoms with Crippen LogP contribution in [0.3, 0.4) is 0 Å². The Hall–Kier alpha value is -2.10. The number of pyridine rings is 1. The fraction of sp³-hybridized carbons (Fsp3) is 0.500. The number of ether oxygens (including phenoxy) is 1. The molecule has 0 saturated heterocycles. The van der Waals surface area contributed by atoms with Gasteiger partial charge in [0.1, 0.15) is 5.60 Å². The van der Waals surface area contributed by atoms with Gasteiger partial charge in [-0.1, -0.05) is 30.7 Å². The summed E-state index contributed by atoms with van der Waals surface area (Å²) < 4.78 is 5.39. The summed E-state index contributed by atoms with van der Waals surface area (Å²) in [6.07, 6.45) is 3.85. The number of nitrogens with zero attached hydrogens (tertiary/aromatic N) is 1. The molecule has 1 fully saturated rings. The third kappa shape index (κ3) is 4.25. The molecular weight excluding hydrogens is 300 g/mol. The molecule has 1 N–H and O–H groups in total. The maximum absolute atomic E-state index is 12.0. The standard InChI is InChI=1S/C20H26N2O2/c1-20(2,3)24-19(23)22-18-10-6-8-15(18)13-16-12-11-14-7-4-5-9-17(14)21-16/h4-5,7,9,11-12,15,18H,6,8,10,13H2,1-3H3,(H,22,23)/t15-,18+/m0/s1. The van der Waals surface area contributed by atoms with Crippen LogP contribution in [0, 0.1) is 5.92 Å². The highest BCUT2D eigenvalue weighted by molar-refractivity contribution is 5.78. The lowest BCUT2D eigenvalue weighted by atomic mass is 9.97. The Bertz CT molecular complexity index is 721. The second-order valence-electron chi connectivity index (χ2n) is 7.64. The van der Waals surface area contributed by atoms with E-state index in [1.165, 1.54) is 0 Å². The van der Waals surface area contributed by atoms with Gasteiger partial charge in [0.25, 0.3) is 0 Å². The maximum atomic E-state index is 12.0. The lowest BCUT2D eigenvalue weighted by Crippen LogP contribution is -2.41. The van der Waals surface area contributed by atoms with Crippen molar-refractivity contribution in [1.82, 2.24) is 10.3 Å². The molecule has 4 nitrogen and oxygen atoms in total. The Balaban J connectivity index is 1.65. The number of alkyl carbamates (subject to hydrolysis) is 1. The number of hydrogen-bond donors (Lipinski definition) is 1. The molecule has 0 spiro atoms. The van der Waals surface area contributed by atoms with E-state index in [4.69, 9.17) is 9.72 Å². The van der Waals surface area contributed by atoms with E-state index < -0.39 is 5.60 Å². The number of hydrogen-bond acceptors (Lipinski definition) is 3. The summed E-state index contributed by atoms with van der Waals surface area (Å²) in [4.78, 5) is 16.8. The predicted molar refractivity (Wildman–Crippen MR) is 95.9 cm³/mol. The highest BCUT2D eigenvalue weighted by atomic mass is 16.6. The summed E-state index contributed by atoms with van der Waals surface area (Å²) in [5.74, 6) is 0.422. The van der Waals surface area contributed by atoms with Gasteiger partial charge in [-0.15, -0.1) is 0 Å². The summed E-state index contributed by atoms with van der Waals surface area (Å²) in [7, 11) is 0. The van der Waals surface area contributed by atoms with Gasteiger partial charge < -0.3 is 10.1 Å². The molecule has 1 saturated carbocycles. The van der Waals surface area contributed by atoms with E-state index >= 15 is 0 Å². The highest BCUT2D eigenvalue weighted by Crippen LogP contribution is 2.29. The first-order valence-corrected chi connectivity index (χ1v) is 8.75. The van der Waals surface area contributed by atoms with Crippen LogP contribution in [0.4, 0.5) is 4.79 Å². The topological polar surface area (TPSA) is 51.2 Å². The van der Waals surface area contributed by atoms with Gasteiger partial charge in [-0.3, -0.25) is 4.98 Å². The molecule has 2 aromatic rings. The van der Waals surface area contributed by atoms with E-state index in [-0.39, 0.29) is 12.1 Å². The van der Waals surface area contributed by atoms with Crippen molar-refractivity contribution < 1.29 is 9.53 Å². The number of carbonyl (C=O) groups excluding carboxylic acids is 1. The van der Waals surface area contributed by atoms with Gasteiger partial charge >= 0.3 is 6.09 Å². The SMILES string of the molecule is CC(C)(C)OC(=O)N[C@@H]1CCC[C@H]1Cc1ccc2ccccc2n1. The molecule has 128 valence electrons. The molecule has 24 heavy (non-hydrogen) atoms. The average molecular weight is 326 g/mol. The van der Waals surface area contributed by atoms with Crippen molar-refractivity contribution in [1.29, 1.82) is 0 Å². The molecule has 1 amide bonds. The first-order chi connectivity index (χ1) is 11.4. The third-order valence-electron chi connectivity index (χ3n) is 4.49. The third-order valence-corrected chi connectivity index (χ3v) is 4.49. The first-order valence-electron chi connectivity index (χ1n) is 8.75. The van der Waals surface area contributed by atoms with Crippen LogP contribution in [0.1, 0.15) is 45.7 Å². The van der Waals surface area contributed by atoms with Crippen molar-refractivity contribution in [2.75, 3.05) is 0 Å². The zero-order chi connectivity index (χ0) is 17.2. The quantitative estimate of drug-likeness (QED) is 0.905. The molecule has 2 atom stereocenters. The second kappa shape index (κ2) is 6.80. The van der Waals surface area contributed by atoms with Crippen LogP contribution in [0.15, 0.2) is 36.4 Å². The zero-order valence-electron chi connectivity index (χ0n) is 14.7. The molecule has 1 heterocycles. The van der Waals surface area contributed by atoms with Crippen LogP contribution in [0.2, 0.25) is 0 Å². The van der Waals surface area contributed by atoms with Crippen molar-refractivity contribution in [2.45, 2.75) is 58.1 Å². The number of nitrogens with one attached hydrogen (secondary N) is 1. The van der Waals surface area contributed by atoms with Crippen molar-refractivity contribution in [3.8, 4) is 0 Å². The molecule has 0 radical (unpaired) electrons. The van der Waals surface area contributed by atoms with E-state index in [9.17, 15) is 4.79 Å². The van der Waals surface area contributed by atoms with Crippen LogP contribution in [-0.2, 0) is 11.2 Å². The number of rotatable bonds is 3. The Morgan fingerprint density at radius 1 is 1.21 bits per heavy atom. The van der Waals surface area contributed by atoms with E-state index in [0.29, 0.717) is 5.92 Å². The highest BCUT2D eigenvalue weighted by Gasteiger charge is 2.30. The Kier molecular flexibility index (Phi) is 4.74. The van der Waals surface area contributed by atoms with Gasteiger partial charge in [0, 0.05) is 17.1 Å². The largest absolute Gasteiger partial charge is 0.444 e. The van der Waals surface area contributed by atoms with Crippen LogP contribution in [0.5, 0.6) is 0 Å². The Morgan fingerprint density at radius 3 is 2.79 bits per heavy atom. The summed E-state index contributed by atoms with van der Waals surface area (Å²) in [6.45, 7) is 5.66. The van der Waals surface area contributed by atoms with E-state index in [2.05, 4.69) is 23.5 Å². The van der Waals surface area contributed by atoms with E-state index in [1.807, 2.05) is 39.0 Å². The normalized spacial score (nSPS) is 21.0. The number of aromatic nitrogens is 1. The number of carbonyl (C=O) groups is 1. The fourth-order valence-corrected chi connectivity index (χ4v) is 3.42. The molecule has 0 aliphatic heterocycles. The molecule has 1 aromatic carbocycles. The van der Waals surface area contributed by atoms with Crippen molar-refractivity contribution in [3.05, 3.63) is 42.1 Å². The van der Waals surface area contributed by atoms with Crippen molar-refractivity contribution >= 4 is 17.0 Å². The summed E-state index contributed by atoms with van der Waals surface area (Å²) in [5, 5.41) is 4.22. The predicted octanol–water partition coefficient (Wildman–Crippen LogP) is 4.47. The van der Waals surface area contributed by atoms with Crippen molar-refractivity contribution in [2.24, 2.45) is 5.92 Å². The fourth-order valence-electron chi connectivity index (χ4n) is 3.42. The van der Waals surface area contributed by atoms with Gasteiger partial charge in [0.05, 0.1) is 5.52 Å². The number of para-hydroxylation sites is 1. The van der Waals surface area contributed by atoms with Crippen LogP contribution in [-0.4, -0.2) is 22.7 Å². The number of fused-ring (bicyclic) bond motifs is 1. The van der Waals surface area contributed by atoms with Gasteiger partial charge in [-0.25, -0.2) is 4.79 Å². The van der Waals surface area contributed by atoms with Gasteiger partial charge in [-0.2, -0.15) is 0 Å². The molecule has 1 aliphatic rings. The lowest BCUT2D eigenvalue weighted by Gasteiger charge is -2.24. The van der Waals surface area contributed by atoms with Crippen LogP contribution >= 0.6 is 0 Å². The molecule has 1 aromatic heterocycles. The number of amides is 1. The number of benzene rings is 1. The van der Waals surface area contributed by atoms with Gasteiger partial charge in [0.2, 0.25) is 0 Å². The monoisotopic (exact) mass is 326 g/mol. The smallest absolute Gasteiger partial charge is 0.407 e. The molecular formula is C20H26N2O2. The maximum Gasteiger partial charge on any atom is 0.407 e. The lowest BCUT2D eigenvalue weighted by molar-refractivity contribution is 0.0492. The molecule has 0 unspecified atom stereocenters. The second-order valence-corrected chi connectivity index (χ2v) is 7.64. The Labute approximate surface area is 143 Å². The summed E-state index contributed by atoms with van der Waals surface area (Å²) in [6, 6.07) is 12.6. The molecule has 0 bridgehead atoms. The van der Waals surface area contributed by atoms with Crippen molar-refractivity contribution in [3.63, 3.8) is 0 Å². The average Bonchev–Trinajstić information content (AvgIpc) is 2.92. The molecule has 3 rings (SSSR count). The van der Waals surface area contributed by atoms with E-state index in [1.54, 1.807) is 0 Å². The molecule has 1 aliphatic carbocycles. The first kappa shape index (κ1) is 16.7. The van der Waals surface area contributed by atoms with Gasteiger partial charge in [0.15, 0.2) is 0 Å². The minimum absolute atomic E-state index is 0.174. The Morgan fingerprint density at radius 2 is 2.00 bits per heavy atom. The van der Waals surface area contributed by atoms with Crippen LogP contribution in [0.25, 0.3) is 10.9 Å². The summed E-state index contributed by atoms with van der Waals surface area (Å²) >= 11 is 0. The zero-order valence-corrected chi connectivity index (χ0v) is 14.7. The minimum atomic E-state index is -0.460. The van der Waals surface area contributed by atoms with E-state index in [0.717, 1.165) is 42.3 Å². The summed E-state index contributed by atoms with van der Waals surface area (Å²) in [5.41, 5.74) is 1.67. The minimum Gasteiger partial charge on any atom is -0.444 e. The van der Waals surface area contributed by atoms with Crippen LogP contribution < -0.4 is 5.32 Å². The molecule has 4 heteroatoms. The van der Waals surface area contributed by atoms with Gasteiger partial charge in [-0.05, 0) is 58.1 Å².